The molecule has 3 aromatic rings. The Morgan fingerprint density at radius 3 is 2.73 bits per heavy atom. The molecule has 132 valence electrons. The van der Waals surface area contributed by atoms with Gasteiger partial charge in [0.25, 0.3) is 5.91 Å². The van der Waals surface area contributed by atoms with Gasteiger partial charge < -0.3 is 15.0 Å². The first-order valence-corrected chi connectivity index (χ1v) is 8.04. The predicted octanol–water partition coefficient (Wildman–Crippen LogP) is 3.02. The number of halogens is 1. The first-order valence-electron chi connectivity index (χ1n) is 8.04. The number of carbonyl (C=O) groups excluding carboxylic acids is 1. The Hall–Kier alpha value is -3.41. The molecule has 0 fully saturated rings. The molecule has 0 spiro atoms. The summed E-state index contributed by atoms with van der Waals surface area (Å²) >= 11 is 0. The van der Waals surface area contributed by atoms with Crippen molar-refractivity contribution in [1.29, 1.82) is 0 Å². The maximum absolute atomic E-state index is 13.6. The molecule has 0 aliphatic carbocycles. The van der Waals surface area contributed by atoms with Crippen LogP contribution in [0.5, 0.6) is 5.75 Å². The van der Waals surface area contributed by atoms with Crippen LogP contribution in [0, 0.1) is 5.82 Å². The molecule has 26 heavy (non-hydrogen) atoms. The molecule has 1 amide bonds. The van der Waals surface area contributed by atoms with E-state index in [2.05, 4.69) is 10.3 Å². The van der Waals surface area contributed by atoms with E-state index in [-0.39, 0.29) is 30.4 Å². The summed E-state index contributed by atoms with van der Waals surface area (Å²) in [5, 5.41) is 2.75. The lowest BCUT2D eigenvalue weighted by Crippen LogP contribution is -2.24. The van der Waals surface area contributed by atoms with E-state index in [1.54, 1.807) is 36.4 Å². The molecule has 2 N–H and O–H groups in total. The van der Waals surface area contributed by atoms with Crippen LogP contribution in [-0.2, 0) is 13.2 Å². The highest BCUT2D eigenvalue weighted by atomic mass is 19.1. The van der Waals surface area contributed by atoms with Crippen LogP contribution in [0.1, 0.15) is 21.5 Å². The van der Waals surface area contributed by atoms with Gasteiger partial charge in [0, 0.05) is 29.9 Å². The van der Waals surface area contributed by atoms with E-state index in [1.165, 1.54) is 24.4 Å². The number of amides is 1. The van der Waals surface area contributed by atoms with E-state index >= 15 is 0 Å². The van der Waals surface area contributed by atoms with Gasteiger partial charge in [-0.2, -0.15) is 0 Å². The van der Waals surface area contributed by atoms with Crippen molar-refractivity contribution in [2.75, 3.05) is 0 Å². The molecular weight excluding hydrogens is 335 g/mol. The predicted molar refractivity (Wildman–Crippen MR) is 95.4 cm³/mol. The lowest BCUT2D eigenvalue weighted by Gasteiger charge is -2.10. The molecule has 5 nitrogen and oxygen atoms in total. The topological polar surface area (TPSA) is 71.2 Å². The Bertz CT molecular complexity index is 969. The van der Waals surface area contributed by atoms with Crippen LogP contribution in [0.3, 0.4) is 0 Å². The van der Waals surface area contributed by atoms with Crippen molar-refractivity contribution < 1.29 is 13.9 Å². The van der Waals surface area contributed by atoms with E-state index in [9.17, 15) is 14.0 Å². The van der Waals surface area contributed by atoms with Crippen LogP contribution in [-0.4, -0.2) is 10.9 Å². The summed E-state index contributed by atoms with van der Waals surface area (Å²) in [7, 11) is 0. The number of aromatic nitrogens is 1. The Morgan fingerprint density at radius 2 is 1.92 bits per heavy atom. The fraction of sp³-hybridized carbons (Fsp3) is 0.100. The fourth-order valence-electron chi connectivity index (χ4n) is 2.39. The molecule has 0 aliphatic heterocycles. The second kappa shape index (κ2) is 8.11. The maximum atomic E-state index is 13.6. The van der Waals surface area contributed by atoms with Crippen LogP contribution in [0.15, 0.2) is 71.7 Å². The third-order valence-corrected chi connectivity index (χ3v) is 3.74. The zero-order chi connectivity index (χ0) is 18.4. The number of aromatic amines is 1. The molecule has 0 bridgehead atoms. The van der Waals surface area contributed by atoms with E-state index < -0.39 is 0 Å². The number of nitrogens with one attached hydrogen (secondary N) is 2. The minimum absolute atomic E-state index is 0.120. The summed E-state index contributed by atoms with van der Waals surface area (Å²) in [4.78, 5) is 25.8. The monoisotopic (exact) mass is 352 g/mol. The van der Waals surface area contributed by atoms with Crippen molar-refractivity contribution in [1.82, 2.24) is 10.3 Å². The molecule has 3 rings (SSSR count). The largest absolute Gasteiger partial charge is 0.489 e. The van der Waals surface area contributed by atoms with Gasteiger partial charge in [-0.15, -0.1) is 0 Å². The van der Waals surface area contributed by atoms with Crippen LogP contribution < -0.4 is 15.6 Å². The van der Waals surface area contributed by atoms with E-state index in [1.807, 2.05) is 6.07 Å². The van der Waals surface area contributed by atoms with Gasteiger partial charge in [-0.05, 0) is 29.8 Å². The van der Waals surface area contributed by atoms with Gasteiger partial charge in [0.05, 0.1) is 0 Å². The molecule has 2 aromatic carbocycles. The van der Waals surface area contributed by atoms with Crippen LogP contribution in [0.2, 0.25) is 0 Å². The standard InChI is InChI=1S/C20H17FN2O3/c21-18-7-2-1-5-16(18)13-26-17-6-3-4-14(10-17)12-23-20(25)15-8-9-22-19(24)11-15/h1-11H,12-13H2,(H,22,24)(H,23,25). The highest BCUT2D eigenvalue weighted by molar-refractivity contribution is 5.93. The highest BCUT2D eigenvalue weighted by Crippen LogP contribution is 2.16. The summed E-state index contributed by atoms with van der Waals surface area (Å²) in [6.45, 7) is 0.401. The lowest BCUT2D eigenvalue weighted by atomic mass is 10.2. The third kappa shape index (κ3) is 4.57. The van der Waals surface area contributed by atoms with Crippen LogP contribution in [0.4, 0.5) is 4.39 Å². The molecule has 0 atom stereocenters. The molecule has 0 radical (unpaired) electrons. The van der Waals surface area contributed by atoms with Crippen molar-refractivity contribution in [3.63, 3.8) is 0 Å². The van der Waals surface area contributed by atoms with Crippen molar-refractivity contribution in [2.24, 2.45) is 0 Å². The number of hydrogen-bond donors (Lipinski definition) is 2. The first kappa shape index (κ1) is 17.4. The summed E-state index contributed by atoms with van der Waals surface area (Å²) in [6.07, 6.45) is 1.43. The quantitative estimate of drug-likeness (QED) is 0.716. The van der Waals surface area contributed by atoms with Crippen LogP contribution in [0.25, 0.3) is 0 Å². The minimum Gasteiger partial charge on any atom is -0.489 e. The second-order valence-corrected chi connectivity index (χ2v) is 5.65. The second-order valence-electron chi connectivity index (χ2n) is 5.65. The van der Waals surface area contributed by atoms with Gasteiger partial charge in [0.1, 0.15) is 18.2 Å². The molecule has 1 heterocycles. The third-order valence-electron chi connectivity index (χ3n) is 3.74. The number of H-pyrrole nitrogens is 1. The summed E-state index contributed by atoms with van der Waals surface area (Å²) in [5.41, 5.74) is 1.26. The number of rotatable bonds is 6. The SMILES string of the molecule is O=C(NCc1cccc(OCc2ccccc2F)c1)c1cc[nH]c(=O)c1. The van der Waals surface area contributed by atoms with Crippen molar-refractivity contribution in [3.8, 4) is 5.75 Å². The molecule has 0 saturated heterocycles. The normalized spacial score (nSPS) is 10.3. The molecule has 6 heteroatoms. The highest BCUT2D eigenvalue weighted by Gasteiger charge is 2.06. The summed E-state index contributed by atoms with van der Waals surface area (Å²) in [5.74, 6) is -0.0706. The maximum Gasteiger partial charge on any atom is 0.251 e. The first-order chi connectivity index (χ1) is 12.6. The van der Waals surface area contributed by atoms with Crippen molar-refractivity contribution >= 4 is 5.91 Å². The van der Waals surface area contributed by atoms with Gasteiger partial charge in [0.15, 0.2) is 0 Å². The number of benzene rings is 2. The lowest BCUT2D eigenvalue weighted by molar-refractivity contribution is 0.0950. The van der Waals surface area contributed by atoms with Gasteiger partial charge >= 0.3 is 0 Å². The number of ether oxygens (including phenoxy) is 1. The van der Waals surface area contributed by atoms with Crippen molar-refractivity contribution in [3.05, 3.63) is 99.7 Å². The molecule has 1 aromatic heterocycles. The fourth-order valence-corrected chi connectivity index (χ4v) is 2.39. The van der Waals surface area contributed by atoms with Gasteiger partial charge in [-0.3, -0.25) is 9.59 Å². The number of pyridine rings is 1. The Labute approximate surface area is 149 Å². The zero-order valence-electron chi connectivity index (χ0n) is 13.9. The van der Waals surface area contributed by atoms with Gasteiger partial charge in [-0.1, -0.05) is 30.3 Å². The number of hydrogen-bond acceptors (Lipinski definition) is 3. The van der Waals surface area contributed by atoms with E-state index in [4.69, 9.17) is 4.74 Å². The van der Waals surface area contributed by atoms with E-state index in [0.717, 1.165) is 5.56 Å². The molecule has 0 aliphatic rings. The van der Waals surface area contributed by atoms with Gasteiger partial charge in [-0.25, -0.2) is 4.39 Å². The Morgan fingerprint density at radius 1 is 1.08 bits per heavy atom. The van der Waals surface area contributed by atoms with Crippen molar-refractivity contribution in [2.45, 2.75) is 13.2 Å². The summed E-state index contributed by atoms with van der Waals surface area (Å²) < 4.78 is 19.2. The molecule has 0 unspecified atom stereocenters. The average molecular weight is 352 g/mol. The van der Waals surface area contributed by atoms with E-state index in [0.29, 0.717) is 16.9 Å². The zero-order valence-corrected chi connectivity index (χ0v) is 13.9. The van der Waals surface area contributed by atoms with Crippen LogP contribution >= 0.6 is 0 Å². The number of carbonyl (C=O) groups is 1. The average Bonchev–Trinajstić information content (AvgIpc) is 2.66. The Kier molecular flexibility index (Phi) is 5.43. The smallest absolute Gasteiger partial charge is 0.251 e. The molecule has 0 saturated carbocycles. The summed E-state index contributed by atoms with van der Waals surface area (Å²) in [6, 6.07) is 16.4. The molecular formula is C20H17FN2O3. The Balaban J connectivity index is 1.60. The van der Waals surface area contributed by atoms with Gasteiger partial charge in [0.2, 0.25) is 5.56 Å². The minimum atomic E-state index is -0.339.